The Kier molecular flexibility index (Phi) is 5.40. The van der Waals surface area contributed by atoms with E-state index in [9.17, 15) is 5.11 Å². The fraction of sp³-hybridized carbons (Fsp3) is 0.111. The zero-order chi connectivity index (χ0) is 25.6. The third-order valence-corrected chi connectivity index (χ3v) is 8.06. The van der Waals surface area contributed by atoms with E-state index in [1.807, 2.05) is 12.1 Å². The molecule has 38 heavy (non-hydrogen) atoms. The average Bonchev–Trinajstić information content (AvgIpc) is 3.25. The molecule has 5 aromatic carbocycles. The standard InChI is InChI=1S/C36H29NO/c1-24-30-21-19-26-12-5-7-15-31(26)35(30)36(32-16-8-6-13-28(32)22-25-10-3-2-4-11-25)37(24)34-17-9-14-27-18-20-29(38)23-33(27)34/h2-18,20,23,38H,19,21-22H2,1H3. The van der Waals surface area contributed by atoms with E-state index in [-0.39, 0.29) is 5.75 Å². The van der Waals surface area contributed by atoms with Crippen molar-refractivity contribution in [1.29, 1.82) is 0 Å². The lowest BCUT2D eigenvalue weighted by Crippen LogP contribution is -2.03. The van der Waals surface area contributed by atoms with E-state index in [0.717, 1.165) is 35.7 Å². The Labute approximate surface area is 223 Å². The van der Waals surface area contributed by atoms with Gasteiger partial charge in [-0.3, -0.25) is 0 Å². The number of rotatable bonds is 4. The van der Waals surface area contributed by atoms with Gasteiger partial charge < -0.3 is 9.67 Å². The van der Waals surface area contributed by atoms with E-state index in [1.165, 1.54) is 50.3 Å². The van der Waals surface area contributed by atoms with Crippen molar-refractivity contribution in [3.8, 4) is 33.8 Å². The number of hydrogen-bond acceptors (Lipinski definition) is 1. The lowest BCUT2D eigenvalue weighted by Gasteiger charge is -2.20. The third-order valence-electron chi connectivity index (χ3n) is 8.06. The van der Waals surface area contributed by atoms with Crippen molar-refractivity contribution >= 4 is 10.8 Å². The third kappa shape index (κ3) is 3.64. The van der Waals surface area contributed by atoms with Gasteiger partial charge in [0.15, 0.2) is 0 Å². The molecule has 0 saturated carbocycles. The van der Waals surface area contributed by atoms with E-state index in [4.69, 9.17) is 0 Å². The van der Waals surface area contributed by atoms with Crippen LogP contribution in [0.1, 0.15) is 27.9 Å². The highest BCUT2D eigenvalue weighted by atomic mass is 16.3. The van der Waals surface area contributed by atoms with E-state index in [2.05, 4.69) is 109 Å². The van der Waals surface area contributed by atoms with E-state index in [0.29, 0.717) is 0 Å². The van der Waals surface area contributed by atoms with Gasteiger partial charge in [0, 0.05) is 22.2 Å². The summed E-state index contributed by atoms with van der Waals surface area (Å²) in [6, 6.07) is 40.6. The number of phenols is 1. The Bertz CT molecular complexity index is 1810. The van der Waals surface area contributed by atoms with E-state index in [1.54, 1.807) is 6.07 Å². The van der Waals surface area contributed by atoms with Gasteiger partial charge >= 0.3 is 0 Å². The zero-order valence-electron chi connectivity index (χ0n) is 21.5. The molecule has 1 N–H and O–H groups in total. The lowest BCUT2D eigenvalue weighted by molar-refractivity contribution is 0.476. The molecule has 1 aliphatic carbocycles. The molecule has 0 saturated heterocycles. The second kappa shape index (κ2) is 9.08. The van der Waals surface area contributed by atoms with Crippen LogP contribution in [0.2, 0.25) is 0 Å². The van der Waals surface area contributed by atoms with Crippen LogP contribution in [0.25, 0.3) is 38.8 Å². The van der Waals surface area contributed by atoms with Gasteiger partial charge in [0.25, 0.3) is 0 Å². The van der Waals surface area contributed by atoms with Crippen LogP contribution in [0.3, 0.4) is 0 Å². The summed E-state index contributed by atoms with van der Waals surface area (Å²) in [6.45, 7) is 2.26. The van der Waals surface area contributed by atoms with Crippen molar-refractivity contribution in [3.05, 3.63) is 143 Å². The number of benzene rings is 5. The van der Waals surface area contributed by atoms with Gasteiger partial charge in [-0.25, -0.2) is 0 Å². The van der Waals surface area contributed by atoms with Gasteiger partial charge in [0.2, 0.25) is 0 Å². The first-order valence-corrected chi connectivity index (χ1v) is 13.4. The molecule has 0 amide bonds. The highest BCUT2D eigenvalue weighted by Crippen LogP contribution is 2.47. The molecule has 0 unspecified atom stereocenters. The minimum Gasteiger partial charge on any atom is -0.508 e. The molecule has 0 bridgehead atoms. The maximum Gasteiger partial charge on any atom is 0.116 e. The molecular formula is C36H29NO. The molecule has 0 fully saturated rings. The van der Waals surface area contributed by atoms with Crippen LogP contribution >= 0.6 is 0 Å². The summed E-state index contributed by atoms with van der Waals surface area (Å²) in [6.07, 6.45) is 2.94. The summed E-state index contributed by atoms with van der Waals surface area (Å²) >= 11 is 0. The minimum absolute atomic E-state index is 0.288. The predicted octanol–water partition coefficient (Wildman–Crippen LogP) is 8.67. The molecule has 184 valence electrons. The highest BCUT2D eigenvalue weighted by Gasteiger charge is 2.29. The topological polar surface area (TPSA) is 25.2 Å². The molecule has 1 aromatic heterocycles. The first-order valence-electron chi connectivity index (χ1n) is 13.4. The number of nitrogens with zero attached hydrogens (tertiary/aromatic N) is 1. The average molecular weight is 492 g/mol. The van der Waals surface area contributed by atoms with E-state index >= 15 is 0 Å². The summed E-state index contributed by atoms with van der Waals surface area (Å²) in [7, 11) is 0. The Hall–Kier alpha value is -4.56. The largest absolute Gasteiger partial charge is 0.508 e. The summed E-state index contributed by atoms with van der Waals surface area (Å²) < 4.78 is 2.46. The van der Waals surface area contributed by atoms with Crippen LogP contribution in [0.15, 0.2) is 115 Å². The minimum atomic E-state index is 0.288. The SMILES string of the molecule is Cc1c2c(c(-c3ccccc3Cc3ccccc3)n1-c1cccc3ccc(O)cc13)-c1ccccc1CC2. The number of phenolic OH excluding ortho intramolecular Hbond substituents is 1. The Morgan fingerprint density at radius 1 is 0.711 bits per heavy atom. The second-order valence-corrected chi connectivity index (χ2v) is 10.3. The lowest BCUT2D eigenvalue weighted by atomic mass is 9.84. The van der Waals surface area contributed by atoms with Crippen LogP contribution in [0.4, 0.5) is 0 Å². The second-order valence-electron chi connectivity index (χ2n) is 10.3. The van der Waals surface area contributed by atoms with Crippen LogP contribution in [0.5, 0.6) is 5.75 Å². The fourth-order valence-corrected chi connectivity index (χ4v) is 6.29. The number of aryl methyl sites for hydroxylation is 1. The Morgan fingerprint density at radius 3 is 2.34 bits per heavy atom. The number of fused-ring (bicyclic) bond motifs is 4. The molecule has 0 aliphatic heterocycles. The highest BCUT2D eigenvalue weighted by molar-refractivity contribution is 5.96. The van der Waals surface area contributed by atoms with Gasteiger partial charge in [-0.15, -0.1) is 0 Å². The number of aromatic nitrogens is 1. The number of hydrogen-bond donors (Lipinski definition) is 1. The molecule has 2 nitrogen and oxygen atoms in total. The summed E-state index contributed by atoms with van der Waals surface area (Å²) in [5.74, 6) is 0.288. The van der Waals surface area contributed by atoms with Gasteiger partial charge in [0.1, 0.15) is 5.75 Å². The predicted molar refractivity (Wildman–Crippen MR) is 157 cm³/mol. The Morgan fingerprint density at radius 2 is 1.47 bits per heavy atom. The van der Waals surface area contributed by atoms with Crippen LogP contribution < -0.4 is 0 Å². The van der Waals surface area contributed by atoms with Gasteiger partial charge in [-0.2, -0.15) is 0 Å². The number of aromatic hydroxyl groups is 1. The molecule has 0 spiro atoms. The van der Waals surface area contributed by atoms with Crippen LogP contribution in [0, 0.1) is 6.92 Å². The molecule has 0 atom stereocenters. The molecule has 2 heteroatoms. The van der Waals surface area contributed by atoms with Gasteiger partial charge in [0.05, 0.1) is 11.4 Å². The first kappa shape index (κ1) is 22.6. The molecule has 7 rings (SSSR count). The summed E-state index contributed by atoms with van der Waals surface area (Å²) in [5, 5.41) is 12.6. The summed E-state index contributed by atoms with van der Waals surface area (Å²) in [5.41, 5.74) is 13.0. The van der Waals surface area contributed by atoms with E-state index < -0.39 is 0 Å². The van der Waals surface area contributed by atoms with Crippen molar-refractivity contribution in [2.24, 2.45) is 0 Å². The zero-order valence-corrected chi connectivity index (χ0v) is 21.5. The summed E-state index contributed by atoms with van der Waals surface area (Å²) in [4.78, 5) is 0. The Balaban J connectivity index is 1.57. The molecule has 0 radical (unpaired) electrons. The quantitative estimate of drug-likeness (QED) is 0.262. The monoisotopic (exact) mass is 491 g/mol. The van der Waals surface area contributed by atoms with Gasteiger partial charge in [-0.05, 0) is 77.6 Å². The molecule has 1 heterocycles. The van der Waals surface area contributed by atoms with Crippen LogP contribution in [-0.2, 0) is 19.3 Å². The van der Waals surface area contributed by atoms with Crippen molar-refractivity contribution < 1.29 is 5.11 Å². The van der Waals surface area contributed by atoms with Crippen molar-refractivity contribution in [2.45, 2.75) is 26.2 Å². The maximum absolute atomic E-state index is 10.4. The molecular weight excluding hydrogens is 462 g/mol. The van der Waals surface area contributed by atoms with Crippen molar-refractivity contribution in [3.63, 3.8) is 0 Å². The normalized spacial score (nSPS) is 12.3. The van der Waals surface area contributed by atoms with Crippen LogP contribution in [-0.4, -0.2) is 9.67 Å². The molecule has 1 aliphatic rings. The van der Waals surface area contributed by atoms with Gasteiger partial charge in [-0.1, -0.05) is 97.1 Å². The maximum atomic E-state index is 10.4. The fourth-order valence-electron chi connectivity index (χ4n) is 6.29. The first-order chi connectivity index (χ1) is 18.7. The smallest absolute Gasteiger partial charge is 0.116 e. The van der Waals surface area contributed by atoms with Crippen molar-refractivity contribution in [2.75, 3.05) is 0 Å². The molecule has 6 aromatic rings. The van der Waals surface area contributed by atoms with Crippen molar-refractivity contribution in [1.82, 2.24) is 4.57 Å².